The molecule has 3 aliphatic rings. The molecular formula is C14H25N3O2. The van der Waals surface area contributed by atoms with Gasteiger partial charge in [0.25, 0.3) is 0 Å². The molecule has 1 amide bonds. The Morgan fingerprint density at radius 3 is 2.89 bits per heavy atom. The summed E-state index contributed by atoms with van der Waals surface area (Å²) in [6.45, 7) is 6.88. The molecule has 3 heterocycles. The van der Waals surface area contributed by atoms with Crippen molar-refractivity contribution in [1.82, 2.24) is 15.1 Å². The van der Waals surface area contributed by atoms with Crippen molar-refractivity contribution < 1.29 is 9.53 Å². The molecule has 3 atom stereocenters. The Morgan fingerprint density at radius 2 is 2.05 bits per heavy atom. The van der Waals surface area contributed by atoms with Crippen LogP contribution in [0.3, 0.4) is 0 Å². The first-order chi connectivity index (χ1) is 9.20. The van der Waals surface area contributed by atoms with Gasteiger partial charge in [-0.1, -0.05) is 0 Å². The molecule has 3 fully saturated rings. The van der Waals surface area contributed by atoms with Crippen molar-refractivity contribution in [2.24, 2.45) is 0 Å². The van der Waals surface area contributed by atoms with Gasteiger partial charge in [-0.25, -0.2) is 0 Å². The lowest BCUT2D eigenvalue weighted by molar-refractivity contribution is -0.139. The fraction of sp³-hybridized carbons (Fsp3) is 0.929. The molecule has 3 aliphatic heterocycles. The normalized spacial score (nSPS) is 36.3. The van der Waals surface area contributed by atoms with Crippen LogP contribution in [0.2, 0.25) is 0 Å². The zero-order valence-electron chi connectivity index (χ0n) is 11.8. The van der Waals surface area contributed by atoms with Crippen LogP contribution in [0.4, 0.5) is 0 Å². The number of hydrogen-bond donors (Lipinski definition) is 1. The van der Waals surface area contributed by atoms with Gasteiger partial charge in [-0.05, 0) is 26.2 Å². The first kappa shape index (κ1) is 13.3. The highest BCUT2D eigenvalue weighted by atomic mass is 16.5. The van der Waals surface area contributed by atoms with Gasteiger partial charge in [0.15, 0.2) is 0 Å². The van der Waals surface area contributed by atoms with E-state index in [1.54, 1.807) is 0 Å². The molecule has 3 unspecified atom stereocenters. The van der Waals surface area contributed by atoms with E-state index in [4.69, 9.17) is 4.74 Å². The number of likely N-dealkylation sites (tertiary alicyclic amines) is 1. The van der Waals surface area contributed by atoms with Gasteiger partial charge < -0.3 is 15.0 Å². The highest BCUT2D eigenvalue weighted by molar-refractivity contribution is 5.78. The van der Waals surface area contributed by atoms with Gasteiger partial charge in [0.05, 0.1) is 19.3 Å². The van der Waals surface area contributed by atoms with Crippen molar-refractivity contribution in [3.8, 4) is 0 Å². The number of nitrogens with zero attached hydrogens (tertiary/aromatic N) is 2. The molecule has 0 aromatic rings. The third-order valence-electron chi connectivity index (χ3n) is 4.56. The molecule has 0 radical (unpaired) electrons. The third-order valence-corrected chi connectivity index (χ3v) is 4.56. The third kappa shape index (κ3) is 3.27. The summed E-state index contributed by atoms with van der Waals surface area (Å²) in [7, 11) is 0. The molecule has 3 saturated heterocycles. The van der Waals surface area contributed by atoms with Crippen LogP contribution in [0.1, 0.15) is 26.2 Å². The summed E-state index contributed by atoms with van der Waals surface area (Å²) in [5, 5.41) is 3.66. The van der Waals surface area contributed by atoms with Crippen LogP contribution in [0.15, 0.2) is 0 Å². The minimum atomic E-state index is 0.180. The second-order valence-corrected chi connectivity index (χ2v) is 6.18. The van der Waals surface area contributed by atoms with Crippen molar-refractivity contribution in [3.63, 3.8) is 0 Å². The van der Waals surface area contributed by atoms with E-state index in [0.717, 1.165) is 26.2 Å². The Bertz CT molecular complexity index is 337. The molecule has 5 nitrogen and oxygen atoms in total. The van der Waals surface area contributed by atoms with Gasteiger partial charge in [-0.2, -0.15) is 0 Å². The molecule has 1 N–H and O–H groups in total. The quantitative estimate of drug-likeness (QED) is 0.768. The number of rotatable bonds is 2. The topological polar surface area (TPSA) is 44.8 Å². The van der Waals surface area contributed by atoms with Gasteiger partial charge in [0, 0.05) is 38.3 Å². The Hall–Kier alpha value is -0.650. The fourth-order valence-corrected chi connectivity index (χ4v) is 3.50. The van der Waals surface area contributed by atoms with Gasteiger partial charge in [-0.15, -0.1) is 0 Å². The summed E-state index contributed by atoms with van der Waals surface area (Å²) in [5.41, 5.74) is 0. The van der Waals surface area contributed by atoms with Crippen LogP contribution < -0.4 is 5.32 Å². The maximum absolute atomic E-state index is 12.3. The number of carbonyl (C=O) groups excluding carboxylic acids is 1. The van der Waals surface area contributed by atoms with Crippen molar-refractivity contribution in [2.75, 3.05) is 39.3 Å². The Balaban J connectivity index is 1.51. The van der Waals surface area contributed by atoms with Gasteiger partial charge in [-0.3, -0.25) is 9.69 Å². The fourth-order valence-electron chi connectivity index (χ4n) is 3.50. The molecule has 0 saturated carbocycles. The summed E-state index contributed by atoms with van der Waals surface area (Å²) in [5.74, 6) is 0.271. The Labute approximate surface area is 115 Å². The first-order valence-corrected chi connectivity index (χ1v) is 7.58. The van der Waals surface area contributed by atoms with E-state index < -0.39 is 0 Å². The number of amides is 1. The molecule has 3 rings (SSSR count). The van der Waals surface area contributed by atoms with E-state index >= 15 is 0 Å². The van der Waals surface area contributed by atoms with E-state index in [0.29, 0.717) is 25.2 Å². The summed E-state index contributed by atoms with van der Waals surface area (Å²) >= 11 is 0. The number of hydrogen-bond acceptors (Lipinski definition) is 4. The number of morpholine rings is 1. The molecule has 0 spiro atoms. The SMILES string of the molecule is CC1CN(C(=O)CN2CCC3CCC(C2)N3)CCO1. The summed E-state index contributed by atoms with van der Waals surface area (Å²) < 4.78 is 5.49. The van der Waals surface area contributed by atoms with Crippen molar-refractivity contribution in [1.29, 1.82) is 0 Å². The standard InChI is InChI=1S/C14H25N3O2/c1-11-8-17(6-7-19-11)14(18)10-16-5-4-12-2-3-13(9-16)15-12/h11-13,15H,2-10H2,1H3. The smallest absolute Gasteiger partial charge is 0.236 e. The first-order valence-electron chi connectivity index (χ1n) is 7.58. The maximum Gasteiger partial charge on any atom is 0.236 e. The highest BCUT2D eigenvalue weighted by Gasteiger charge is 2.31. The van der Waals surface area contributed by atoms with Crippen molar-refractivity contribution >= 4 is 5.91 Å². The Kier molecular flexibility index (Phi) is 4.05. The molecule has 108 valence electrons. The lowest BCUT2D eigenvalue weighted by atomic mass is 10.1. The number of fused-ring (bicyclic) bond motifs is 2. The largest absolute Gasteiger partial charge is 0.375 e. The van der Waals surface area contributed by atoms with Crippen LogP contribution in [-0.2, 0) is 9.53 Å². The van der Waals surface area contributed by atoms with Gasteiger partial charge in [0.2, 0.25) is 5.91 Å². The minimum Gasteiger partial charge on any atom is -0.375 e. The van der Waals surface area contributed by atoms with Gasteiger partial charge >= 0.3 is 0 Å². The van der Waals surface area contributed by atoms with Crippen LogP contribution >= 0.6 is 0 Å². The second-order valence-electron chi connectivity index (χ2n) is 6.18. The predicted octanol–water partition coefficient (Wildman–Crippen LogP) is 0.0600. The molecule has 0 aliphatic carbocycles. The molecule has 19 heavy (non-hydrogen) atoms. The van der Waals surface area contributed by atoms with Gasteiger partial charge in [0.1, 0.15) is 0 Å². The summed E-state index contributed by atoms with van der Waals surface area (Å²) in [4.78, 5) is 16.6. The zero-order valence-corrected chi connectivity index (χ0v) is 11.8. The lowest BCUT2D eigenvalue weighted by Gasteiger charge is -2.33. The molecular weight excluding hydrogens is 242 g/mol. The zero-order chi connectivity index (χ0) is 13.2. The lowest BCUT2D eigenvalue weighted by Crippen LogP contribution is -2.49. The monoisotopic (exact) mass is 267 g/mol. The summed E-state index contributed by atoms with van der Waals surface area (Å²) in [6.07, 6.45) is 3.94. The van der Waals surface area contributed by atoms with E-state index in [-0.39, 0.29) is 12.0 Å². The molecule has 2 bridgehead atoms. The van der Waals surface area contributed by atoms with E-state index in [1.807, 2.05) is 11.8 Å². The number of ether oxygens (including phenoxy) is 1. The second kappa shape index (κ2) is 5.77. The van der Waals surface area contributed by atoms with Crippen LogP contribution in [0, 0.1) is 0 Å². The van der Waals surface area contributed by atoms with Crippen LogP contribution in [0.25, 0.3) is 0 Å². The maximum atomic E-state index is 12.3. The van der Waals surface area contributed by atoms with Crippen LogP contribution in [-0.4, -0.2) is 73.2 Å². The van der Waals surface area contributed by atoms with E-state index in [9.17, 15) is 4.79 Å². The Morgan fingerprint density at radius 1 is 1.21 bits per heavy atom. The number of nitrogens with one attached hydrogen (secondary N) is 1. The molecule has 0 aromatic carbocycles. The van der Waals surface area contributed by atoms with Crippen molar-refractivity contribution in [2.45, 2.75) is 44.4 Å². The van der Waals surface area contributed by atoms with Crippen molar-refractivity contribution in [3.05, 3.63) is 0 Å². The molecule has 5 heteroatoms. The molecule has 0 aromatic heterocycles. The van der Waals surface area contributed by atoms with Crippen LogP contribution in [0.5, 0.6) is 0 Å². The summed E-state index contributed by atoms with van der Waals surface area (Å²) in [6, 6.07) is 1.29. The van der Waals surface area contributed by atoms with E-state index in [2.05, 4.69) is 10.2 Å². The predicted molar refractivity (Wildman–Crippen MR) is 73.0 cm³/mol. The minimum absolute atomic E-state index is 0.180. The average Bonchev–Trinajstić information content (AvgIpc) is 2.72. The number of carbonyl (C=O) groups is 1. The average molecular weight is 267 g/mol. The highest BCUT2D eigenvalue weighted by Crippen LogP contribution is 2.20. The van der Waals surface area contributed by atoms with E-state index in [1.165, 1.54) is 19.3 Å².